The molecular formula is C61H71N11O8SSi. The number of benzene rings is 2. The number of imide groups is 1. The summed E-state index contributed by atoms with van der Waals surface area (Å²) in [6.45, 7) is 17.8. The second-order valence-corrected chi connectivity index (χ2v) is 31.2. The SMILES string of the molecule is Cc1c(OC2CC3(CCN(CC(=O)Nc4ccc5c(C6CCC(=O)NC6=O)nn(C)c5n4)CC3)C2)cccc1-c1ccc(N2CCc3ccnc(C(=O)N(COCC[Si](C)(C)C)c4nc5ccccc5s4)c3C2)nc1C(=O)OC(C)(C)C. The van der Waals surface area contributed by atoms with E-state index in [2.05, 4.69) is 50.2 Å². The first-order chi connectivity index (χ1) is 39.2. The number of fused-ring (bicyclic) bond motifs is 3. The van der Waals surface area contributed by atoms with Crippen LogP contribution in [0.2, 0.25) is 25.7 Å². The van der Waals surface area contributed by atoms with Crippen LogP contribution < -0.4 is 25.2 Å². The van der Waals surface area contributed by atoms with Crippen LogP contribution in [0.3, 0.4) is 0 Å². The molecule has 2 aromatic carbocycles. The summed E-state index contributed by atoms with van der Waals surface area (Å²) in [6, 6.07) is 24.1. The second kappa shape index (κ2) is 22.7. The maximum absolute atomic E-state index is 14.8. The van der Waals surface area contributed by atoms with E-state index in [9.17, 15) is 24.0 Å². The number of aromatic nitrogens is 6. The lowest BCUT2D eigenvalue weighted by Gasteiger charge is -2.51. The van der Waals surface area contributed by atoms with Crippen LogP contribution >= 0.6 is 11.3 Å². The number of pyridine rings is 3. The van der Waals surface area contributed by atoms with Crippen LogP contribution in [0, 0.1) is 12.3 Å². The molecule has 428 valence electrons. The number of hydrogen-bond donors (Lipinski definition) is 2. The van der Waals surface area contributed by atoms with Crippen molar-refractivity contribution < 1.29 is 38.2 Å². The summed E-state index contributed by atoms with van der Waals surface area (Å²) in [5.74, 6) is -0.440. The van der Waals surface area contributed by atoms with Gasteiger partial charge in [-0.1, -0.05) is 55.2 Å². The van der Waals surface area contributed by atoms with Crippen molar-refractivity contribution in [2.45, 2.75) is 122 Å². The van der Waals surface area contributed by atoms with Gasteiger partial charge in [-0.05, 0) is 156 Å². The van der Waals surface area contributed by atoms with Crippen LogP contribution in [-0.4, -0.2) is 124 Å². The van der Waals surface area contributed by atoms with Crippen molar-refractivity contribution in [1.29, 1.82) is 0 Å². The molecule has 8 heterocycles. The number of esters is 1. The lowest BCUT2D eigenvalue weighted by Crippen LogP contribution is -2.51. The van der Waals surface area contributed by atoms with Gasteiger partial charge >= 0.3 is 5.97 Å². The summed E-state index contributed by atoms with van der Waals surface area (Å²) in [5.41, 5.74) is 5.95. The first kappa shape index (κ1) is 56.4. The zero-order valence-corrected chi connectivity index (χ0v) is 49.8. The third-order valence-corrected chi connectivity index (χ3v) is 18.9. The molecule has 5 aromatic heterocycles. The van der Waals surface area contributed by atoms with Gasteiger partial charge in [-0.15, -0.1) is 0 Å². The summed E-state index contributed by atoms with van der Waals surface area (Å²) in [5, 5.41) is 11.2. The van der Waals surface area contributed by atoms with Gasteiger partial charge in [0.15, 0.2) is 16.5 Å². The highest BCUT2D eigenvalue weighted by Gasteiger charge is 2.47. The maximum atomic E-state index is 14.8. The van der Waals surface area contributed by atoms with Gasteiger partial charge in [0, 0.05) is 63.9 Å². The van der Waals surface area contributed by atoms with E-state index in [1.54, 1.807) is 28.9 Å². The van der Waals surface area contributed by atoms with Gasteiger partial charge in [0.25, 0.3) is 5.91 Å². The largest absolute Gasteiger partial charge is 0.490 e. The molecule has 2 saturated heterocycles. The number of anilines is 3. The Morgan fingerprint density at radius 3 is 2.45 bits per heavy atom. The van der Waals surface area contributed by atoms with Crippen LogP contribution in [0.15, 0.2) is 79.0 Å². The first-order valence-corrected chi connectivity index (χ1v) is 32.9. The van der Waals surface area contributed by atoms with E-state index in [4.69, 9.17) is 29.2 Å². The highest BCUT2D eigenvalue weighted by molar-refractivity contribution is 7.22. The molecule has 1 saturated carbocycles. The fourth-order valence-electron chi connectivity index (χ4n) is 11.6. The van der Waals surface area contributed by atoms with Gasteiger partial charge in [0.05, 0.1) is 34.5 Å². The predicted octanol–water partition coefficient (Wildman–Crippen LogP) is 9.60. The summed E-state index contributed by atoms with van der Waals surface area (Å²) in [4.78, 5) is 92.0. The van der Waals surface area contributed by atoms with Gasteiger partial charge in [0.2, 0.25) is 17.7 Å². The van der Waals surface area contributed by atoms with Crippen molar-refractivity contribution in [1.82, 2.24) is 39.9 Å². The highest BCUT2D eigenvalue weighted by atomic mass is 32.1. The minimum atomic E-state index is -1.39. The zero-order valence-electron chi connectivity index (χ0n) is 48.0. The molecule has 82 heavy (non-hydrogen) atoms. The Labute approximate surface area is 482 Å². The summed E-state index contributed by atoms with van der Waals surface area (Å²) >= 11 is 1.45. The van der Waals surface area contributed by atoms with E-state index in [1.807, 2.05) is 94.4 Å². The van der Waals surface area contributed by atoms with E-state index >= 15 is 0 Å². The maximum Gasteiger partial charge on any atom is 0.358 e. The number of aryl methyl sites for hydroxylation is 1. The number of carbonyl (C=O) groups excluding carboxylic acids is 5. The molecule has 1 unspecified atom stereocenters. The lowest BCUT2D eigenvalue weighted by molar-refractivity contribution is -0.134. The van der Waals surface area contributed by atoms with Gasteiger partial charge in [0.1, 0.15) is 35.4 Å². The van der Waals surface area contributed by atoms with Gasteiger partial charge in [-0.2, -0.15) is 5.10 Å². The number of piperidine rings is 2. The third kappa shape index (κ3) is 12.2. The van der Waals surface area contributed by atoms with E-state index in [-0.39, 0.29) is 60.5 Å². The number of carbonyl (C=O) groups is 5. The topological polar surface area (TPSA) is 216 Å². The van der Waals surface area contributed by atoms with E-state index in [0.717, 1.165) is 83.0 Å². The fraction of sp³-hybridized carbons (Fsp3) is 0.443. The normalized spacial score (nSPS) is 17.6. The van der Waals surface area contributed by atoms with E-state index < -0.39 is 25.6 Å². The minimum Gasteiger partial charge on any atom is -0.490 e. The first-order valence-electron chi connectivity index (χ1n) is 28.3. The summed E-state index contributed by atoms with van der Waals surface area (Å²) in [6.07, 6.45) is 6.70. The molecule has 1 spiro atoms. The molecule has 2 N–H and O–H groups in total. The molecule has 19 nitrogen and oxygen atoms in total. The molecule has 3 fully saturated rings. The Morgan fingerprint density at radius 2 is 1.70 bits per heavy atom. The van der Waals surface area contributed by atoms with Crippen molar-refractivity contribution in [2.75, 3.05) is 54.6 Å². The quantitative estimate of drug-likeness (QED) is 0.0303. The Kier molecular flexibility index (Phi) is 15.6. The molecule has 4 aliphatic rings. The number of nitrogens with one attached hydrogen (secondary N) is 2. The number of hydrogen-bond acceptors (Lipinski definition) is 16. The zero-order chi connectivity index (χ0) is 57.7. The molecule has 1 aliphatic carbocycles. The van der Waals surface area contributed by atoms with Crippen molar-refractivity contribution >= 4 is 87.0 Å². The molecule has 3 aliphatic heterocycles. The summed E-state index contributed by atoms with van der Waals surface area (Å²) < 4.78 is 21.6. The minimum absolute atomic E-state index is 0.0159. The molecule has 7 aromatic rings. The molecule has 0 radical (unpaired) electrons. The van der Waals surface area contributed by atoms with Crippen LogP contribution in [-0.2, 0) is 43.9 Å². The number of ether oxygens (including phenoxy) is 3. The van der Waals surface area contributed by atoms with Crippen molar-refractivity contribution in [3.8, 4) is 16.9 Å². The Balaban J connectivity index is 0.746. The van der Waals surface area contributed by atoms with Crippen molar-refractivity contribution in [3.63, 3.8) is 0 Å². The number of thiazole rings is 1. The van der Waals surface area contributed by atoms with Gasteiger partial charge in [-0.25, -0.2) is 19.7 Å². The third-order valence-electron chi connectivity index (χ3n) is 16.2. The monoisotopic (exact) mass is 1150 g/mol. The average Bonchev–Trinajstić information content (AvgIpc) is 4.17. The average molecular weight is 1150 g/mol. The molecule has 0 bridgehead atoms. The molecular weight excluding hydrogens is 1070 g/mol. The summed E-state index contributed by atoms with van der Waals surface area (Å²) in [7, 11) is 0.358. The van der Waals surface area contributed by atoms with E-state index in [0.29, 0.717) is 77.3 Å². The number of rotatable bonds is 16. The number of nitrogens with zero attached hydrogens (tertiary/aromatic N) is 9. The number of likely N-dealkylation sites (tertiary alicyclic amines) is 1. The van der Waals surface area contributed by atoms with Crippen LogP contribution in [0.5, 0.6) is 5.75 Å². The number of para-hydroxylation sites is 1. The lowest BCUT2D eigenvalue weighted by atomic mass is 9.61. The van der Waals surface area contributed by atoms with Crippen molar-refractivity contribution in [2.24, 2.45) is 12.5 Å². The Morgan fingerprint density at radius 1 is 0.902 bits per heavy atom. The Bertz CT molecular complexity index is 3600. The van der Waals surface area contributed by atoms with Crippen LogP contribution in [0.25, 0.3) is 32.4 Å². The highest BCUT2D eigenvalue weighted by Crippen LogP contribution is 2.51. The van der Waals surface area contributed by atoms with Gasteiger partial charge < -0.3 is 24.4 Å². The van der Waals surface area contributed by atoms with Crippen LogP contribution in [0.1, 0.15) is 109 Å². The molecule has 4 amide bonds. The molecule has 1 atom stereocenters. The van der Waals surface area contributed by atoms with Gasteiger partial charge in [-0.3, -0.25) is 44.0 Å². The van der Waals surface area contributed by atoms with Crippen LogP contribution in [0.4, 0.5) is 16.8 Å². The van der Waals surface area contributed by atoms with E-state index in [1.165, 1.54) is 11.3 Å². The fourth-order valence-corrected chi connectivity index (χ4v) is 13.3. The Hall–Kier alpha value is -7.46. The molecule has 21 heteroatoms. The smallest absolute Gasteiger partial charge is 0.358 e. The second-order valence-electron chi connectivity index (χ2n) is 24.6. The van der Waals surface area contributed by atoms with Crippen molar-refractivity contribution in [3.05, 3.63) is 113 Å². The predicted molar refractivity (Wildman–Crippen MR) is 318 cm³/mol. The molecule has 11 rings (SSSR count). The number of amides is 4. The standard InChI is InChI=1S/C61H71N11O8SSi/c1-37-40(12-11-14-46(37)79-39-32-61(33-39)24-28-70(29-25-61)35-51(74)64-48-19-16-42-52(68-69(5)55(42)65-48)43-18-21-50(73)67-56(43)75)41-17-20-49(66-54(41)58(77)80-60(2,3)4)71-27-23-38-22-26-62-53(44(38)34-71)57(76)72(36-78-30-31-82(6,7)8)59-63-45-13-9-10-15-47(45)81-59/h9-17,19-20,22,26,39,43H,18,21,23-25,27-36H2,1-8H3,(H,64,65,74)(H,67,73,75).